The van der Waals surface area contributed by atoms with Crippen LogP contribution in [0.25, 0.3) is 20.4 Å². The summed E-state index contributed by atoms with van der Waals surface area (Å²) in [6, 6.07) is 25.7. The minimum absolute atomic E-state index is 0.00473. The van der Waals surface area contributed by atoms with Gasteiger partial charge in [-0.25, -0.2) is 26.4 Å². The van der Waals surface area contributed by atoms with Crippen molar-refractivity contribution in [3.05, 3.63) is 127 Å². The number of rotatable bonds is 31. The molecule has 0 aliphatic rings. The van der Waals surface area contributed by atoms with E-state index >= 15 is 0 Å². The second-order valence-corrected chi connectivity index (χ2v) is 22.9. The predicted molar refractivity (Wildman–Crippen MR) is 270 cm³/mol. The number of esters is 2. The molecule has 0 saturated carbocycles. The predicted octanol–water partition coefficient (Wildman–Crippen LogP) is 3.12. The molecule has 2 aromatic heterocycles. The van der Waals surface area contributed by atoms with E-state index in [0.717, 1.165) is 44.9 Å². The number of aromatic nitrogens is 2. The van der Waals surface area contributed by atoms with E-state index in [2.05, 4.69) is 20.6 Å². The first-order valence-electron chi connectivity index (χ1n) is 22.8. The standard InChI is InChI=1S/C48H58N4O14S4/c53-41(45(55)65-37-15-13-35(43-39(37)51-47(57)67-43)17-23-49-21-7-29-69(59,60)31-27-63-25-19-33-9-3-1-4-10-33)42(54)46(56)66-38-16-14-36(44-40(38)52-48(58)68-44)18-24-50-22-8-30-70(61,62)32-28-64-26-20-34-11-5-2-6-12-34/h1-6,9-16,41-42,49-50,53-54H,7-8,17-32H2,(H,51,57)(H,52,58). The summed E-state index contributed by atoms with van der Waals surface area (Å²) >= 11 is 1.75. The summed E-state index contributed by atoms with van der Waals surface area (Å²) in [6.45, 7) is 2.91. The van der Waals surface area contributed by atoms with E-state index in [1.165, 1.54) is 12.1 Å². The Morgan fingerprint density at radius 3 is 1.33 bits per heavy atom. The van der Waals surface area contributed by atoms with E-state index in [4.69, 9.17) is 18.9 Å². The highest BCUT2D eigenvalue weighted by Gasteiger charge is 2.34. The number of benzene rings is 4. The van der Waals surface area contributed by atoms with Gasteiger partial charge in [0.1, 0.15) is 11.0 Å². The monoisotopic (exact) mass is 1040 g/mol. The first-order chi connectivity index (χ1) is 33.7. The first-order valence-corrected chi connectivity index (χ1v) is 28.1. The van der Waals surface area contributed by atoms with E-state index < -0.39 is 53.6 Å². The smallest absolute Gasteiger partial charge is 0.343 e. The summed E-state index contributed by atoms with van der Waals surface area (Å²) < 4.78 is 72.6. The fourth-order valence-corrected chi connectivity index (χ4v) is 11.4. The zero-order valence-electron chi connectivity index (χ0n) is 38.4. The Morgan fingerprint density at radius 2 is 0.929 bits per heavy atom. The van der Waals surface area contributed by atoms with E-state index in [1.54, 1.807) is 12.1 Å². The Labute approximate surface area is 413 Å². The molecule has 6 rings (SSSR count). The normalized spacial score (nSPS) is 12.9. The molecule has 4 aromatic carbocycles. The van der Waals surface area contributed by atoms with Gasteiger partial charge in [0.2, 0.25) is 0 Å². The van der Waals surface area contributed by atoms with Crippen molar-refractivity contribution in [2.45, 2.75) is 50.7 Å². The van der Waals surface area contributed by atoms with Crippen LogP contribution >= 0.6 is 22.7 Å². The van der Waals surface area contributed by atoms with Gasteiger partial charge in [-0.15, -0.1) is 0 Å². The molecule has 6 N–H and O–H groups in total. The number of hydrogen-bond acceptors (Lipinski definition) is 18. The number of fused-ring (bicyclic) bond motifs is 2. The highest BCUT2D eigenvalue weighted by atomic mass is 32.2. The van der Waals surface area contributed by atoms with Gasteiger partial charge >= 0.3 is 21.7 Å². The number of aromatic amines is 2. The maximum absolute atomic E-state index is 13.0. The van der Waals surface area contributed by atoms with Crippen LogP contribution in [-0.2, 0) is 64.4 Å². The summed E-state index contributed by atoms with van der Waals surface area (Å²) in [6.07, 6.45) is -1.71. The number of sulfone groups is 2. The largest absolute Gasteiger partial charge is 0.422 e. The van der Waals surface area contributed by atoms with Gasteiger partial charge in [-0.1, -0.05) is 95.5 Å². The van der Waals surface area contributed by atoms with Crippen molar-refractivity contribution in [1.29, 1.82) is 0 Å². The molecule has 0 saturated heterocycles. The highest BCUT2D eigenvalue weighted by molar-refractivity contribution is 7.91. The van der Waals surface area contributed by atoms with Crippen LogP contribution in [0.15, 0.2) is 94.5 Å². The Bertz CT molecular complexity index is 2770. The van der Waals surface area contributed by atoms with Gasteiger partial charge in [-0.3, -0.25) is 9.59 Å². The lowest BCUT2D eigenvalue weighted by atomic mass is 10.1. The minimum Gasteiger partial charge on any atom is -0.422 e. The van der Waals surface area contributed by atoms with Crippen LogP contribution in [-0.4, -0.2) is 137 Å². The van der Waals surface area contributed by atoms with Crippen LogP contribution in [0.4, 0.5) is 0 Å². The summed E-state index contributed by atoms with van der Waals surface area (Å²) in [5.41, 5.74) is 4.03. The number of aliphatic hydroxyl groups excluding tert-OH is 2. The van der Waals surface area contributed by atoms with Gasteiger partial charge in [0.15, 0.2) is 43.4 Å². The van der Waals surface area contributed by atoms with Gasteiger partial charge < -0.3 is 49.8 Å². The fourth-order valence-electron chi connectivity index (χ4n) is 7.26. The Balaban J connectivity index is 0.904. The maximum Gasteiger partial charge on any atom is 0.343 e. The third-order valence-electron chi connectivity index (χ3n) is 11.0. The fraction of sp³-hybridized carbons (Fsp3) is 0.417. The average Bonchev–Trinajstić information content (AvgIpc) is 3.95. The molecular weight excluding hydrogens is 985 g/mol. The second kappa shape index (κ2) is 26.9. The number of thiazole rings is 2. The number of carbonyl (C=O) groups is 2. The molecular formula is C48H58N4O14S4. The van der Waals surface area contributed by atoms with Crippen molar-refractivity contribution in [3.63, 3.8) is 0 Å². The lowest BCUT2D eigenvalue weighted by Gasteiger charge is -2.16. The number of hydrogen-bond donors (Lipinski definition) is 6. The summed E-state index contributed by atoms with van der Waals surface area (Å²) in [5.74, 6) is -3.18. The van der Waals surface area contributed by atoms with E-state index in [9.17, 15) is 46.2 Å². The molecule has 2 heterocycles. The molecule has 0 spiro atoms. The van der Waals surface area contributed by atoms with Gasteiger partial charge in [-0.05, 0) is 99.1 Å². The summed E-state index contributed by atoms with van der Waals surface area (Å²) in [7, 11) is -6.58. The van der Waals surface area contributed by atoms with Crippen LogP contribution in [0.1, 0.15) is 35.1 Å². The minimum atomic E-state index is -3.29. The van der Waals surface area contributed by atoms with Gasteiger partial charge in [-0.2, -0.15) is 0 Å². The molecule has 22 heteroatoms. The third kappa shape index (κ3) is 17.0. The van der Waals surface area contributed by atoms with Crippen LogP contribution in [0.2, 0.25) is 0 Å². The van der Waals surface area contributed by atoms with Gasteiger partial charge in [0, 0.05) is 0 Å². The Hall–Kier alpha value is -5.14. The molecule has 6 aromatic rings. The molecule has 378 valence electrons. The summed E-state index contributed by atoms with van der Waals surface area (Å²) in [4.78, 5) is 55.3. The van der Waals surface area contributed by atoms with Crippen molar-refractivity contribution in [2.24, 2.45) is 0 Å². The van der Waals surface area contributed by atoms with Crippen molar-refractivity contribution in [2.75, 3.05) is 75.6 Å². The van der Waals surface area contributed by atoms with Crippen molar-refractivity contribution in [3.8, 4) is 11.5 Å². The molecule has 2 unspecified atom stereocenters. The lowest BCUT2D eigenvalue weighted by molar-refractivity contribution is -0.162. The molecule has 2 atom stereocenters. The number of aliphatic hydroxyl groups is 2. The third-order valence-corrected chi connectivity index (χ3v) is 16.4. The van der Waals surface area contributed by atoms with Crippen LogP contribution in [0, 0.1) is 0 Å². The molecule has 0 amide bonds. The first kappa shape index (κ1) is 54.2. The molecule has 70 heavy (non-hydrogen) atoms. The van der Waals surface area contributed by atoms with Crippen LogP contribution < -0.4 is 29.9 Å². The zero-order chi connectivity index (χ0) is 49.9. The lowest BCUT2D eigenvalue weighted by Crippen LogP contribution is -2.43. The summed E-state index contributed by atoms with van der Waals surface area (Å²) in [5, 5.41) is 27.8. The molecule has 18 nitrogen and oxygen atoms in total. The van der Waals surface area contributed by atoms with E-state index in [-0.39, 0.29) is 58.8 Å². The number of ether oxygens (including phenoxy) is 4. The second-order valence-electron chi connectivity index (χ2n) is 16.3. The molecule has 0 fully saturated rings. The molecule has 0 aliphatic heterocycles. The molecule has 0 bridgehead atoms. The SMILES string of the molecule is O=C(Oc1ccc(CCNCCCS(=O)(=O)CCOCCc2ccccc2)c2sc(=O)[nH]c12)C(O)C(O)C(=O)Oc1ccc(CCNCCCS(=O)(=O)CCOCCc2ccccc2)c2sc(=O)[nH]c12. The van der Waals surface area contributed by atoms with Gasteiger partial charge in [0.05, 0.1) is 58.8 Å². The number of nitrogens with one attached hydrogen (secondary N) is 4. The maximum atomic E-state index is 13.0. The highest BCUT2D eigenvalue weighted by Crippen LogP contribution is 2.31. The molecule has 0 aliphatic carbocycles. The number of H-pyrrole nitrogens is 2. The molecule has 0 radical (unpaired) electrons. The van der Waals surface area contributed by atoms with Crippen molar-refractivity contribution < 1.29 is 55.6 Å². The van der Waals surface area contributed by atoms with Crippen LogP contribution in [0.5, 0.6) is 11.5 Å². The zero-order valence-corrected chi connectivity index (χ0v) is 41.7. The van der Waals surface area contributed by atoms with Crippen molar-refractivity contribution >= 4 is 74.7 Å². The topological polar surface area (TPSA) is 270 Å². The van der Waals surface area contributed by atoms with Gasteiger partial charge in [0.25, 0.3) is 0 Å². The number of carbonyl (C=O) groups excluding carboxylic acids is 2. The Kier molecular flexibility index (Phi) is 20.8. The quantitative estimate of drug-likeness (QED) is 0.0207. The van der Waals surface area contributed by atoms with Crippen molar-refractivity contribution in [1.82, 2.24) is 20.6 Å². The van der Waals surface area contributed by atoms with Crippen LogP contribution in [0.3, 0.4) is 0 Å². The van der Waals surface area contributed by atoms with E-state index in [0.29, 0.717) is 87.3 Å². The van der Waals surface area contributed by atoms with E-state index in [1.807, 2.05) is 60.7 Å². The Morgan fingerprint density at radius 1 is 0.529 bits per heavy atom. The average molecular weight is 1040 g/mol.